The summed E-state index contributed by atoms with van der Waals surface area (Å²) in [6.45, 7) is 3.98. The van der Waals surface area contributed by atoms with Gasteiger partial charge in [-0.05, 0) is 36.4 Å². The Kier molecular flexibility index (Phi) is 4.48. The second-order valence-electron chi connectivity index (χ2n) is 5.45. The van der Waals surface area contributed by atoms with Crippen LogP contribution in [0.5, 0.6) is 0 Å². The Balaban J connectivity index is 1.83. The molecule has 0 aliphatic carbocycles. The molecule has 0 atom stereocenters. The average molecular weight is 311 g/mol. The lowest BCUT2D eigenvalue weighted by atomic mass is 10.2. The van der Waals surface area contributed by atoms with E-state index in [2.05, 4.69) is 9.88 Å². The third-order valence-electron chi connectivity index (χ3n) is 3.75. The lowest BCUT2D eigenvalue weighted by molar-refractivity contribution is 0.268. The Labute approximate surface area is 133 Å². The summed E-state index contributed by atoms with van der Waals surface area (Å²) in [6.07, 6.45) is 1.71. The van der Waals surface area contributed by atoms with Crippen LogP contribution in [0.1, 0.15) is 18.2 Å². The van der Waals surface area contributed by atoms with E-state index in [4.69, 9.17) is 0 Å². The molecule has 3 rings (SSSR count). The van der Waals surface area contributed by atoms with Crippen molar-refractivity contribution >= 4 is 5.65 Å². The fourth-order valence-corrected chi connectivity index (χ4v) is 2.59. The van der Waals surface area contributed by atoms with Gasteiger partial charge in [0.1, 0.15) is 11.5 Å². The predicted molar refractivity (Wildman–Crippen MR) is 87.7 cm³/mol. The van der Waals surface area contributed by atoms with E-state index < -0.39 is 0 Å². The van der Waals surface area contributed by atoms with Gasteiger partial charge in [0.25, 0.3) is 5.56 Å². The zero-order valence-electron chi connectivity index (χ0n) is 12.9. The van der Waals surface area contributed by atoms with E-state index in [1.54, 1.807) is 24.4 Å². The molecule has 0 fully saturated rings. The number of pyridine rings is 1. The normalized spacial score (nSPS) is 11.3. The first-order valence-electron chi connectivity index (χ1n) is 7.60. The lowest BCUT2D eigenvalue weighted by Gasteiger charge is -2.20. The quantitative estimate of drug-likeness (QED) is 0.727. The standard InChI is InChI=1S/C18H18FN3O/c1-2-21(12-14-6-5-7-15(19)10-14)13-16-11-18(23)22-9-4-3-8-17(22)20-16/h3-11H,2,12-13H2,1H3. The fourth-order valence-electron chi connectivity index (χ4n) is 2.59. The average Bonchev–Trinajstić information content (AvgIpc) is 2.54. The van der Waals surface area contributed by atoms with Crippen molar-refractivity contribution in [1.29, 1.82) is 0 Å². The number of aromatic nitrogens is 2. The molecule has 2 aromatic heterocycles. The van der Waals surface area contributed by atoms with Gasteiger partial charge in [-0.1, -0.05) is 25.1 Å². The van der Waals surface area contributed by atoms with E-state index in [9.17, 15) is 9.18 Å². The summed E-state index contributed by atoms with van der Waals surface area (Å²) in [5.74, 6) is -0.236. The third kappa shape index (κ3) is 3.63. The van der Waals surface area contributed by atoms with E-state index in [1.165, 1.54) is 16.5 Å². The third-order valence-corrected chi connectivity index (χ3v) is 3.75. The molecular formula is C18H18FN3O. The molecular weight excluding hydrogens is 293 g/mol. The molecule has 118 valence electrons. The highest BCUT2D eigenvalue weighted by atomic mass is 19.1. The monoisotopic (exact) mass is 311 g/mol. The molecule has 0 bridgehead atoms. The second kappa shape index (κ2) is 6.71. The number of rotatable bonds is 5. The summed E-state index contributed by atoms with van der Waals surface area (Å²) in [5.41, 5.74) is 2.17. The summed E-state index contributed by atoms with van der Waals surface area (Å²) in [7, 11) is 0. The van der Waals surface area contributed by atoms with Crippen LogP contribution in [0.15, 0.2) is 59.5 Å². The molecule has 0 amide bonds. The molecule has 3 aromatic rings. The molecule has 23 heavy (non-hydrogen) atoms. The molecule has 4 nitrogen and oxygen atoms in total. The summed E-state index contributed by atoms with van der Waals surface area (Å²) < 4.78 is 14.8. The summed E-state index contributed by atoms with van der Waals surface area (Å²) in [5, 5.41) is 0. The van der Waals surface area contributed by atoms with Gasteiger partial charge in [-0.3, -0.25) is 14.1 Å². The predicted octanol–water partition coefficient (Wildman–Crippen LogP) is 2.86. The molecule has 5 heteroatoms. The summed E-state index contributed by atoms with van der Waals surface area (Å²) in [4.78, 5) is 18.8. The topological polar surface area (TPSA) is 37.6 Å². The van der Waals surface area contributed by atoms with E-state index in [-0.39, 0.29) is 11.4 Å². The van der Waals surface area contributed by atoms with Gasteiger partial charge in [-0.2, -0.15) is 0 Å². The Morgan fingerprint density at radius 2 is 2.00 bits per heavy atom. The van der Waals surface area contributed by atoms with Crippen molar-refractivity contribution in [2.75, 3.05) is 6.54 Å². The number of hydrogen-bond donors (Lipinski definition) is 0. The minimum Gasteiger partial charge on any atom is -0.294 e. The molecule has 0 N–H and O–H groups in total. The van der Waals surface area contributed by atoms with Crippen molar-refractivity contribution < 1.29 is 4.39 Å². The molecule has 1 aromatic carbocycles. The van der Waals surface area contributed by atoms with Crippen molar-refractivity contribution in [1.82, 2.24) is 14.3 Å². The lowest BCUT2D eigenvalue weighted by Crippen LogP contribution is -2.25. The molecule has 0 saturated carbocycles. The van der Waals surface area contributed by atoms with Crippen molar-refractivity contribution in [2.24, 2.45) is 0 Å². The SMILES string of the molecule is CCN(Cc1cccc(F)c1)Cc1cc(=O)n2ccccc2n1. The van der Waals surface area contributed by atoms with Crippen molar-refractivity contribution in [3.63, 3.8) is 0 Å². The van der Waals surface area contributed by atoms with Crippen LogP contribution in [-0.2, 0) is 13.1 Å². The molecule has 2 heterocycles. The van der Waals surface area contributed by atoms with Gasteiger partial charge in [-0.25, -0.2) is 9.37 Å². The zero-order valence-corrected chi connectivity index (χ0v) is 12.9. The van der Waals surface area contributed by atoms with Crippen LogP contribution in [0.4, 0.5) is 4.39 Å². The van der Waals surface area contributed by atoms with Crippen LogP contribution in [-0.4, -0.2) is 20.8 Å². The highest BCUT2D eigenvalue weighted by molar-refractivity contribution is 5.38. The molecule has 0 aliphatic rings. The molecule has 0 aliphatic heterocycles. The molecule has 0 unspecified atom stereocenters. The maximum atomic E-state index is 13.3. The second-order valence-corrected chi connectivity index (χ2v) is 5.45. The van der Waals surface area contributed by atoms with Crippen molar-refractivity contribution in [3.8, 4) is 0 Å². The number of fused-ring (bicyclic) bond motifs is 1. The highest BCUT2D eigenvalue weighted by Gasteiger charge is 2.09. The summed E-state index contributed by atoms with van der Waals surface area (Å²) in [6, 6.07) is 13.6. The van der Waals surface area contributed by atoms with E-state index in [0.717, 1.165) is 17.8 Å². The highest BCUT2D eigenvalue weighted by Crippen LogP contribution is 2.10. The minimum atomic E-state index is -0.236. The van der Waals surface area contributed by atoms with Gasteiger partial charge >= 0.3 is 0 Å². The van der Waals surface area contributed by atoms with Crippen molar-refractivity contribution in [2.45, 2.75) is 20.0 Å². The van der Waals surface area contributed by atoms with Crippen LogP contribution in [0.25, 0.3) is 5.65 Å². The van der Waals surface area contributed by atoms with Gasteiger partial charge in [-0.15, -0.1) is 0 Å². The Bertz CT molecular complexity index is 875. The molecule has 0 spiro atoms. The van der Waals surface area contributed by atoms with Crippen LogP contribution in [0, 0.1) is 5.82 Å². The largest absolute Gasteiger partial charge is 0.294 e. The number of benzene rings is 1. The minimum absolute atomic E-state index is 0.0904. The fraction of sp³-hybridized carbons (Fsp3) is 0.222. The van der Waals surface area contributed by atoms with Crippen LogP contribution >= 0.6 is 0 Å². The van der Waals surface area contributed by atoms with Gasteiger partial charge < -0.3 is 0 Å². The van der Waals surface area contributed by atoms with Crippen LogP contribution in [0.3, 0.4) is 0 Å². The Morgan fingerprint density at radius 1 is 1.13 bits per heavy atom. The number of nitrogens with zero attached hydrogens (tertiary/aromatic N) is 3. The molecule has 0 saturated heterocycles. The maximum absolute atomic E-state index is 13.3. The van der Waals surface area contributed by atoms with Crippen LogP contribution in [0.2, 0.25) is 0 Å². The van der Waals surface area contributed by atoms with Crippen LogP contribution < -0.4 is 5.56 Å². The Hall–Kier alpha value is -2.53. The van der Waals surface area contributed by atoms with E-state index >= 15 is 0 Å². The number of hydrogen-bond acceptors (Lipinski definition) is 3. The van der Waals surface area contributed by atoms with Gasteiger partial charge in [0.15, 0.2) is 0 Å². The smallest absolute Gasteiger partial charge is 0.258 e. The van der Waals surface area contributed by atoms with E-state index in [0.29, 0.717) is 18.7 Å². The summed E-state index contributed by atoms with van der Waals surface area (Å²) >= 11 is 0. The van der Waals surface area contributed by atoms with Crippen molar-refractivity contribution in [3.05, 3.63) is 82.2 Å². The van der Waals surface area contributed by atoms with Gasteiger partial charge in [0, 0.05) is 25.4 Å². The first kappa shape index (κ1) is 15.4. The first-order chi connectivity index (χ1) is 11.2. The van der Waals surface area contributed by atoms with Gasteiger partial charge in [0.2, 0.25) is 0 Å². The zero-order chi connectivity index (χ0) is 16.2. The maximum Gasteiger partial charge on any atom is 0.258 e. The van der Waals surface area contributed by atoms with Gasteiger partial charge in [0.05, 0.1) is 5.69 Å². The molecule has 0 radical (unpaired) electrons. The Morgan fingerprint density at radius 3 is 2.78 bits per heavy atom. The van der Waals surface area contributed by atoms with E-state index in [1.807, 2.05) is 25.1 Å². The number of halogens is 1. The first-order valence-corrected chi connectivity index (χ1v) is 7.60.